The molecule has 2 aliphatic rings. The van der Waals surface area contributed by atoms with Crippen LogP contribution in [0.3, 0.4) is 0 Å². The molecule has 2 heterocycles. The molecule has 0 unspecified atom stereocenters. The molecule has 5 nitrogen and oxygen atoms in total. The largest absolute Gasteiger partial charge is 0.487 e. The lowest BCUT2D eigenvalue weighted by molar-refractivity contribution is -0.128. The van der Waals surface area contributed by atoms with Gasteiger partial charge in [0.15, 0.2) is 0 Å². The second kappa shape index (κ2) is 10.4. The number of nitrogens with one attached hydrogen (secondary N) is 1. The second-order valence-corrected chi connectivity index (χ2v) is 10.6. The molecular weight excluding hydrogens is 468 g/mol. The fourth-order valence-electron chi connectivity index (χ4n) is 5.15. The highest BCUT2D eigenvalue weighted by molar-refractivity contribution is 8.00. The number of hydrogen-bond acceptors (Lipinski definition) is 4. The van der Waals surface area contributed by atoms with Gasteiger partial charge >= 0.3 is 0 Å². The van der Waals surface area contributed by atoms with Crippen molar-refractivity contribution in [3.63, 3.8) is 0 Å². The van der Waals surface area contributed by atoms with E-state index in [0.717, 1.165) is 41.7 Å². The molecule has 0 spiro atoms. The molecule has 0 saturated carbocycles. The van der Waals surface area contributed by atoms with E-state index in [2.05, 4.69) is 19.2 Å². The predicted molar refractivity (Wildman–Crippen MR) is 144 cm³/mol. The van der Waals surface area contributed by atoms with Gasteiger partial charge in [-0.25, -0.2) is 0 Å². The summed E-state index contributed by atoms with van der Waals surface area (Å²) in [6.07, 6.45) is 2.52. The van der Waals surface area contributed by atoms with Gasteiger partial charge in [0.05, 0.1) is 11.8 Å². The maximum absolute atomic E-state index is 13.3. The number of hydrogen-bond donors (Lipinski definition) is 1. The van der Waals surface area contributed by atoms with Crippen LogP contribution in [0.5, 0.6) is 5.75 Å². The molecule has 1 fully saturated rings. The Morgan fingerprint density at radius 2 is 1.69 bits per heavy atom. The molecule has 3 aromatic rings. The topological polar surface area (TPSA) is 58.6 Å². The summed E-state index contributed by atoms with van der Waals surface area (Å²) in [6.45, 7) is 4.86. The zero-order valence-corrected chi connectivity index (χ0v) is 21.6. The number of carbonyl (C=O) groups excluding carboxylic acids is 2. The molecule has 0 bridgehead atoms. The highest BCUT2D eigenvalue weighted by atomic mass is 32.2. The van der Waals surface area contributed by atoms with E-state index in [4.69, 9.17) is 4.74 Å². The van der Waals surface area contributed by atoms with Gasteiger partial charge in [0.1, 0.15) is 16.7 Å². The molecule has 36 heavy (non-hydrogen) atoms. The highest BCUT2D eigenvalue weighted by Gasteiger charge is 2.39. The Morgan fingerprint density at radius 1 is 1.00 bits per heavy atom. The number of nitrogens with zero attached hydrogens (tertiary/aromatic N) is 1. The SMILES string of the molecule is CCC1(CC)C[C@H](NC(=O)c2ccc([C@@H]3SCC(=O)N3Cc3ccccc3)cc2)c2ccccc2O1. The first-order valence-electron chi connectivity index (χ1n) is 12.7. The van der Waals surface area contributed by atoms with Crippen LogP contribution in [-0.4, -0.2) is 28.1 Å². The number of rotatable bonds is 7. The Labute approximate surface area is 217 Å². The maximum atomic E-state index is 13.3. The summed E-state index contributed by atoms with van der Waals surface area (Å²) >= 11 is 1.63. The molecule has 186 valence electrons. The van der Waals surface area contributed by atoms with Gasteiger partial charge in [-0.15, -0.1) is 11.8 Å². The Morgan fingerprint density at radius 3 is 2.42 bits per heavy atom. The van der Waals surface area contributed by atoms with Crippen molar-refractivity contribution >= 4 is 23.6 Å². The summed E-state index contributed by atoms with van der Waals surface area (Å²) in [5.74, 6) is 1.37. The molecule has 1 saturated heterocycles. The number of amides is 2. The van der Waals surface area contributed by atoms with Crippen molar-refractivity contribution in [2.75, 3.05) is 5.75 Å². The molecule has 5 rings (SSSR count). The first kappa shape index (κ1) is 24.4. The van der Waals surface area contributed by atoms with Gasteiger partial charge in [0.2, 0.25) is 5.91 Å². The fourth-order valence-corrected chi connectivity index (χ4v) is 6.34. The molecule has 1 N–H and O–H groups in total. The minimum atomic E-state index is -0.273. The summed E-state index contributed by atoms with van der Waals surface area (Å²) in [5.41, 5.74) is 3.51. The van der Waals surface area contributed by atoms with Crippen LogP contribution >= 0.6 is 11.8 Å². The van der Waals surface area contributed by atoms with Gasteiger partial charge in [0.25, 0.3) is 5.91 Å². The number of thioether (sulfide) groups is 1. The molecule has 3 aromatic carbocycles. The van der Waals surface area contributed by atoms with E-state index in [1.807, 2.05) is 83.8 Å². The molecule has 2 amide bonds. The van der Waals surface area contributed by atoms with Gasteiger partial charge in [-0.05, 0) is 42.2 Å². The van der Waals surface area contributed by atoms with Crippen molar-refractivity contribution in [3.05, 3.63) is 101 Å². The number of benzene rings is 3. The predicted octanol–water partition coefficient (Wildman–Crippen LogP) is 6.27. The summed E-state index contributed by atoms with van der Waals surface area (Å²) in [6, 6.07) is 25.6. The molecule has 2 aliphatic heterocycles. The minimum Gasteiger partial charge on any atom is -0.487 e. The van der Waals surface area contributed by atoms with Crippen molar-refractivity contribution in [1.82, 2.24) is 10.2 Å². The fraction of sp³-hybridized carbons (Fsp3) is 0.333. The van der Waals surface area contributed by atoms with E-state index in [1.165, 1.54) is 0 Å². The molecule has 0 aromatic heterocycles. The van der Waals surface area contributed by atoms with Crippen LogP contribution in [0.25, 0.3) is 0 Å². The zero-order chi connectivity index (χ0) is 25.1. The van der Waals surface area contributed by atoms with Crippen LogP contribution in [0.15, 0.2) is 78.9 Å². The third-order valence-electron chi connectivity index (χ3n) is 7.41. The van der Waals surface area contributed by atoms with E-state index in [0.29, 0.717) is 17.9 Å². The van der Waals surface area contributed by atoms with Crippen molar-refractivity contribution in [3.8, 4) is 5.75 Å². The van der Waals surface area contributed by atoms with E-state index < -0.39 is 0 Å². The lowest BCUT2D eigenvalue weighted by Gasteiger charge is -2.41. The summed E-state index contributed by atoms with van der Waals surface area (Å²) < 4.78 is 6.38. The normalized spacial score (nSPS) is 20.5. The average molecular weight is 501 g/mol. The van der Waals surface area contributed by atoms with Gasteiger partial charge in [-0.3, -0.25) is 9.59 Å². The number of para-hydroxylation sites is 1. The Balaban J connectivity index is 1.31. The third-order valence-corrected chi connectivity index (χ3v) is 8.67. The van der Waals surface area contributed by atoms with Crippen molar-refractivity contribution in [2.24, 2.45) is 0 Å². The molecular formula is C30H32N2O3S. The van der Waals surface area contributed by atoms with Gasteiger partial charge in [-0.2, -0.15) is 0 Å². The van der Waals surface area contributed by atoms with Gasteiger partial charge < -0.3 is 15.0 Å². The van der Waals surface area contributed by atoms with E-state index in [9.17, 15) is 9.59 Å². The Hall–Kier alpha value is -3.25. The van der Waals surface area contributed by atoms with Crippen LogP contribution in [0.2, 0.25) is 0 Å². The lowest BCUT2D eigenvalue weighted by Crippen LogP contribution is -2.44. The van der Waals surface area contributed by atoms with Crippen molar-refractivity contribution in [2.45, 2.75) is 56.7 Å². The third kappa shape index (κ3) is 4.87. The van der Waals surface area contributed by atoms with Crippen molar-refractivity contribution in [1.29, 1.82) is 0 Å². The van der Waals surface area contributed by atoms with Crippen LogP contribution in [-0.2, 0) is 11.3 Å². The molecule has 6 heteroatoms. The average Bonchev–Trinajstić information content (AvgIpc) is 3.28. The number of fused-ring (bicyclic) bond motifs is 1. The standard InChI is InChI=1S/C30H32N2O3S/c1-3-30(4-2)18-25(24-12-8-9-13-26(24)35-30)31-28(34)22-14-16-23(17-15-22)29-32(27(33)20-36-29)19-21-10-6-5-7-11-21/h5-17,25,29H,3-4,18-20H2,1-2H3,(H,31,34)/t25-,29-/m0/s1. The lowest BCUT2D eigenvalue weighted by atomic mass is 9.83. The number of ether oxygens (including phenoxy) is 1. The summed E-state index contributed by atoms with van der Waals surface area (Å²) in [7, 11) is 0. The smallest absolute Gasteiger partial charge is 0.251 e. The highest BCUT2D eigenvalue weighted by Crippen LogP contribution is 2.43. The van der Waals surface area contributed by atoms with Gasteiger partial charge in [-0.1, -0.05) is 74.5 Å². The zero-order valence-electron chi connectivity index (χ0n) is 20.8. The van der Waals surface area contributed by atoms with Crippen LogP contribution in [0, 0.1) is 0 Å². The van der Waals surface area contributed by atoms with E-state index in [-0.39, 0.29) is 28.8 Å². The molecule has 0 aliphatic carbocycles. The summed E-state index contributed by atoms with van der Waals surface area (Å²) in [4.78, 5) is 27.8. The quantitative estimate of drug-likeness (QED) is 0.415. The Kier molecular flexibility index (Phi) is 7.06. The summed E-state index contributed by atoms with van der Waals surface area (Å²) in [5, 5.41) is 3.21. The second-order valence-electron chi connectivity index (χ2n) is 9.55. The first-order valence-corrected chi connectivity index (χ1v) is 13.7. The van der Waals surface area contributed by atoms with E-state index in [1.54, 1.807) is 11.8 Å². The minimum absolute atomic E-state index is 0.0492. The number of carbonyl (C=O) groups is 2. The van der Waals surface area contributed by atoms with E-state index >= 15 is 0 Å². The first-order chi connectivity index (χ1) is 17.5. The Bertz CT molecular complexity index is 1220. The van der Waals surface area contributed by atoms with Crippen LogP contribution < -0.4 is 10.1 Å². The van der Waals surface area contributed by atoms with Gasteiger partial charge in [0, 0.05) is 24.1 Å². The van der Waals surface area contributed by atoms with Crippen LogP contribution in [0.1, 0.15) is 71.6 Å². The molecule has 2 atom stereocenters. The maximum Gasteiger partial charge on any atom is 0.251 e. The van der Waals surface area contributed by atoms with Crippen molar-refractivity contribution < 1.29 is 14.3 Å². The molecule has 0 radical (unpaired) electrons. The van der Waals surface area contributed by atoms with Crippen LogP contribution in [0.4, 0.5) is 0 Å². The monoisotopic (exact) mass is 500 g/mol.